The molecule has 146 valence electrons. The fourth-order valence-corrected chi connectivity index (χ4v) is 2.61. The third-order valence-electron chi connectivity index (χ3n) is 4.18. The number of aryl methyl sites for hydroxylation is 2. The molecule has 0 aliphatic rings. The number of rotatable bonds is 10. The van der Waals surface area contributed by atoms with Crippen molar-refractivity contribution < 1.29 is 19.4 Å². The summed E-state index contributed by atoms with van der Waals surface area (Å²) in [6.45, 7) is 6.69. The van der Waals surface area contributed by atoms with Gasteiger partial charge in [-0.1, -0.05) is 30.3 Å². The summed E-state index contributed by atoms with van der Waals surface area (Å²) in [5.74, 6) is 0.756. The first-order chi connectivity index (χ1) is 12.9. The van der Waals surface area contributed by atoms with Crippen molar-refractivity contribution in [3.63, 3.8) is 0 Å². The van der Waals surface area contributed by atoms with Crippen molar-refractivity contribution in [2.75, 3.05) is 19.8 Å². The first kappa shape index (κ1) is 20.7. The van der Waals surface area contributed by atoms with Crippen molar-refractivity contribution in [1.29, 1.82) is 0 Å². The molecule has 0 aliphatic carbocycles. The highest BCUT2D eigenvalue weighted by Crippen LogP contribution is 2.23. The van der Waals surface area contributed by atoms with Gasteiger partial charge in [0, 0.05) is 12.6 Å². The number of hydrogen-bond donors (Lipinski definition) is 3. The van der Waals surface area contributed by atoms with Gasteiger partial charge in [0.25, 0.3) is 5.91 Å². The van der Waals surface area contributed by atoms with Crippen molar-refractivity contribution >= 4 is 5.91 Å². The summed E-state index contributed by atoms with van der Waals surface area (Å²) >= 11 is 0. The van der Waals surface area contributed by atoms with Crippen molar-refractivity contribution in [2.45, 2.75) is 32.9 Å². The van der Waals surface area contributed by atoms with E-state index in [1.165, 1.54) is 0 Å². The minimum Gasteiger partial charge on any atom is -0.491 e. The Labute approximate surface area is 160 Å². The summed E-state index contributed by atoms with van der Waals surface area (Å²) in [5.41, 5.74) is 7.65. The molecule has 0 aliphatic heterocycles. The van der Waals surface area contributed by atoms with Crippen molar-refractivity contribution in [3.8, 4) is 11.5 Å². The molecule has 0 radical (unpaired) electrons. The number of hydrogen-bond acceptors (Lipinski definition) is 5. The Kier molecular flexibility index (Phi) is 7.64. The van der Waals surface area contributed by atoms with Gasteiger partial charge in [0.05, 0.1) is 5.56 Å². The summed E-state index contributed by atoms with van der Waals surface area (Å²) in [7, 11) is 0. The Morgan fingerprint density at radius 2 is 1.78 bits per heavy atom. The predicted molar refractivity (Wildman–Crippen MR) is 105 cm³/mol. The van der Waals surface area contributed by atoms with E-state index in [2.05, 4.69) is 5.32 Å². The van der Waals surface area contributed by atoms with Crippen molar-refractivity contribution in [1.82, 2.24) is 5.32 Å². The van der Waals surface area contributed by atoms with Gasteiger partial charge in [0.15, 0.2) is 0 Å². The van der Waals surface area contributed by atoms with E-state index in [4.69, 9.17) is 15.2 Å². The van der Waals surface area contributed by atoms with Crippen LogP contribution in [-0.4, -0.2) is 42.9 Å². The summed E-state index contributed by atoms with van der Waals surface area (Å²) in [6, 6.07) is 12.9. The second-order valence-corrected chi connectivity index (χ2v) is 6.67. The molecule has 0 fully saturated rings. The van der Waals surface area contributed by atoms with Gasteiger partial charge < -0.3 is 25.6 Å². The van der Waals surface area contributed by atoms with E-state index in [1.54, 1.807) is 12.1 Å². The van der Waals surface area contributed by atoms with Crippen LogP contribution in [0.15, 0.2) is 42.5 Å². The fourth-order valence-electron chi connectivity index (χ4n) is 2.61. The van der Waals surface area contributed by atoms with Crippen LogP contribution in [0.25, 0.3) is 0 Å². The number of nitrogens with two attached hydrogens (primary N) is 1. The number of amides is 1. The average Bonchev–Trinajstić information content (AvgIpc) is 2.64. The monoisotopic (exact) mass is 372 g/mol. The zero-order chi connectivity index (χ0) is 19.8. The standard InChI is InChI=1S/C21H28N2O4/c1-14-7-4-5-10-19(14)26-13-17(24)11-23-16(3)12-27-20-15(2)8-6-9-18(20)21(22)25/h4-10,16-17,23-24H,11-13H2,1-3H3,(H2,22,25). The molecule has 1 amide bonds. The lowest BCUT2D eigenvalue weighted by Crippen LogP contribution is -2.39. The first-order valence-electron chi connectivity index (χ1n) is 9.00. The van der Waals surface area contributed by atoms with Crippen LogP contribution in [0.3, 0.4) is 0 Å². The smallest absolute Gasteiger partial charge is 0.252 e. The van der Waals surface area contributed by atoms with Gasteiger partial charge in [0.1, 0.15) is 30.8 Å². The Morgan fingerprint density at radius 3 is 2.48 bits per heavy atom. The maximum Gasteiger partial charge on any atom is 0.252 e. The highest BCUT2D eigenvalue weighted by molar-refractivity contribution is 5.96. The molecule has 0 bridgehead atoms. The van der Waals surface area contributed by atoms with Crippen LogP contribution in [-0.2, 0) is 0 Å². The zero-order valence-corrected chi connectivity index (χ0v) is 16.1. The number of aliphatic hydroxyl groups excluding tert-OH is 1. The Balaban J connectivity index is 1.77. The molecule has 4 N–H and O–H groups in total. The van der Waals surface area contributed by atoms with E-state index in [0.717, 1.165) is 16.9 Å². The number of carbonyl (C=O) groups is 1. The molecular weight excluding hydrogens is 344 g/mol. The van der Waals surface area contributed by atoms with Crippen LogP contribution < -0.4 is 20.5 Å². The molecule has 2 atom stereocenters. The summed E-state index contributed by atoms with van der Waals surface area (Å²) in [5, 5.41) is 13.3. The Hall–Kier alpha value is -2.57. The first-order valence-corrected chi connectivity index (χ1v) is 9.00. The summed E-state index contributed by atoms with van der Waals surface area (Å²) < 4.78 is 11.4. The third kappa shape index (κ3) is 6.27. The number of benzene rings is 2. The molecule has 0 heterocycles. The Bertz CT molecular complexity index is 764. The van der Waals surface area contributed by atoms with Gasteiger partial charge in [-0.05, 0) is 44.0 Å². The van der Waals surface area contributed by atoms with Crippen LogP contribution in [0.1, 0.15) is 28.4 Å². The number of ether oxygens (including phenoxy) is 2. The minimum absolute atomic E-state index is 0.0292. The van der Waals surface area contributed by atoms with Crippen LogP contribution in [0.2, 0.25) is 0 Å². The zero-order valence-electron chi connectivity index (χ0n) is 16.1. The van der Waals surface area contributed by atoms with Crippen LogP contribution in [0.5, 0.6) is 11.5 Å². The lowest BCUT2D eigenvalue weighted by molar-refractivity contribution is 0.0990. The van der Waals surface area contributed by atoms with E-state index in [1.807, 2.05) is 51.1 Å². The maximum atomic E-state index is 11.5. The molecule has 0 aromatic heterocycles. The van der Waals surface area contributed by atoms with E-state index >= 15 is 0 Å². The molecule has 2 rings (SSSR count). The Morgan fingerprint density at radius 1 is 1.07 bits per heavy atom. The minimum atomic E-state index is -0.647. The number of nitrogens with one attached hydrogen (secondary N) is 1. The molecule has 2 unspecified atom stereocenters. The maximum absolute atomic E-state index is 11.5. The number of primary amides is 1. The van der Waals surface area contributed by atoms with Gasteiger partial charge in [-0.25, -0.2) is 0 Å². The number of aliphatic hydroxyl groups is 1. The van der Waals surface area contributed by atoms with Gasteiger partial charge >= 0.3 is 0 Å². The van der Waals surface area contributed by atoms with Gasteiger partial charge in [-0.15, -0.1) is 0 Å². The SMILES string of the molecule is Cc1ccccc1OCC(O)CNC(C)COc1c(C)cccc1C(N)=O. The largest absolute Gasteiger partial charge is 0.491 e. The number of carbonyl (C=O) groups excluding carboxylic acids is 1. The van der Waals surface area contributed by atoms with Gasteiger partial charge in [0.2, 0.25) is 0 Å². The van der Waals surface area contributed by atoms with Crippen LogP contribution in [0, 0.1) is 13.8 Å². The van der Waals surface area contributed by atoms with Gasteiger partial charge in [-0.3, -0.25) is 4.79 Å². The topological polar surface area (TPSA) is 93.8 Å². The molecule has 0 saturated heterocycles. The van der Waals surface area contributed by atoms with Crippen molar-refractivity contribution in [3.05, 3.63) is 59.2 Å². The number of para-hydroxylation sites is 2. The molecule has 0 spiro atoms. The third-order valence-corrected chi connectivity index (χ3v) is 4.18. The lowest BCUT2D eigenvalue weighted by atomic mass is 10.1. The molecule has 0 saturated carbocycles. The second kappa shape index (κ2) is 9.94. The van der Waals surface area contributed by atoms with Gasteiger partial charge in [-0.2, -0.15) is 0 Å². The quantitative estimate of drug-likeness (QED) is 0.594. The molecule has 2 aromatic carbocycles. The predicted octanol–water partition coefficient (Wildman–Crippen LogP) is 2.20. The molecule has 6 nitrogen and oxygen atoms in total. The fraction of sp³-hybridized carbons (Fsp3) is 0.381. The van der Waals surface area contributed by atoms with Crippen LogP contribution >= 0.6 is 0 Å². The summed E-state index contributed by atoms with van der Waals surface area (Å²) in [6.07, 6.45) is -0.647. The highest BCUT2D eigenvalue weighted by atomic mass is 16.5. The van der Waals surface area contributed by atoms with E-state index in [-0.39, 0.29) is 12.6 Å². The molecule has 27 heavy (non-hydrogen) atoms. The second-order valence-electron chi connectivity index (χ2n) is 6.67. The molecule has 6 heteroatoms. The highest BCUT2D eigenvalue weighted by Gasteiger charge is 2.14. The lowest BCUT2D eigenvalue weighted by Gasteiger charge is -2.20. The molecular formula is C21H28N2O4. The molecule has 2 aromatic rings. The average molecular weight is 372 g/mol. The van der Waals surface area contributed by atoms with Crippen molar-refractivity contribution in [2.24, 2.45) is 5.73 Å². The summed E-state index contributed by atoms with van der Waals surface area (Å²) in [4.78, 5) is 11.5. The van der Waals surface area contributed by atoms with Crippen LogP contribution in [0.4, 0.5) is 0 Å². The van der Waals surface area contributed by atoms with E-state index < -0.39 is 12.0 Å². The normalized spacial score (nSPS) is 13.0. The van der Waals surface area contributed by atoms with E-state index in [9.17, 15) is 9.90 Å². The van der Waals surface area contributed by atoms with E-state index in [0.29, 0.717) is 24.5 Å².